The highest BCUT2D eigenvalue weighted by atomic mass is 28.4. The number of carbonyl (C=O) groups excluding carboxylic acids is 1. The maximum atomic E-state index is 13.1. The summed E-state index contributed by atoms with van der Waals surface area (Å²) >= 11 is 0. The highest BCUT2D eigenvalue weighted by molar-refractivity contribution is 6.74. The molecule has 1 aliphatic heterocycles. The van der Waals surface area contributed by atoms with Crippen molar-refractivity contribution in [1.82, 2.24) is 4.90 Å². The van der Waals surface area contributed by atoms with Gasteiger partial charge in [-0.1, -0.05) is 20.8 Å². The van der Waals surface area contributed by atoms with Crippen molar-refractivity contribution in [2.45, 2.75) is 77.7 Å². The number of anilines is 1. The zero-order valence-electron chi connectivity index (χ0n) is 17.9. The fraction of sp³-hybridized carbons (Fsp3) is 0.667. The second-order valence-corrected chi connectivity index (χ2v) is 14.1. The number of carbonyl (C=O) groups is 1. The molecule has 0 bridgehead atoms. The van der Waals surface area contributed by atoms with Crippen molar-refractivity contribution in [1.29, 1.82) is 0 Å². The molecule has 152 valence electrons. The standard InChI is InChI=1S/C21H36N2O3Si/c1-14-10-18(19(22)11-15(14)2)20(25)23-9-8-17(12-16(23)13-24)26-27(6,7)21(3,4)5/h10-11,16-17,24H,8-9,12-13,22H2,1-7H3/t16-,17+/m0/s1. The molecule has 3 N–H and O–H groups in total. The van der Waals surface area contributed by atoms with Gasteiger partial charge in [0.25, 0.3) is 5.91 Å². The third kappa shape index (κ3) is 4.73. The summed E-state index contributed by atoms with van der Waals surface area (Å²) in [5.74, 6) is -0.0968. The minimum Gasteiger partial charge on any atom is -0.414 e. The van der Waals surface area contributed by atoms with Crippen LogP contribution in [0.3, 0.4) is 0 Å². The molecule has 0 spiro atoms. The number of aliphatic hydroxyl groups is 1. The fourth-order valence-electron chi connectivity index (χ4n) is 3.33. The number of nitrogens with two attached hydrogens (primary N) is 1. The number of piperidine rings is 1. The van der Waals surface area contributed by atoms with Crippen molar-refractivity contribution < 1.29 is 14.3 Å². The summed E-state index contributed by atoms with van der Waals surface area (Å²) in [7, 11) is -1.88. The number of hydrogen-bond acceptors (Lipinski definition) is 4. The number of benzene rings is 1. The number of aliphatic hydroxyl groups excluding tert-OH is 1. The molecule has 1 aromatic rings. The molecule has 1 fully saturated rings. The van der Waals surface area contributed by atoms with Gasteiger partial charge in [0.05, 0.1) is 18.2 Å². The van der Waals surface area contributed by atoms with Gasteiger partial charge < -0.3 is 20.2 Å². The van der Waals surface area contributed by atoms with Gasteiger partial charge in [0, 0.05) is 18.3 Å². The van der Waals surface area contributed by atoms with E-state index in [1.807, 2.05) is 26.0 Å². The number of nitrogens with zero attached hydrogens (tertiary/aromatic N) is 1. The Balaban J connectivity index is 2.16. The van der Waals surface area contributed by atoms with Crippen molar-refractivity contribution >= 4 is 19.9 Å². The average Bonchev–Trinajstić information content (AvgIpc) is 2.56. The lowest BCUT2D eigenvalue weighted by Crippen LogP contribution is -2.53. The van der Waals surface area contributed by atoms with Crippen molar-refractivity contribution in [3.05, 3.63) is 28.8 Å². The summed E-state index contributed by atoms with van der Waals surface area (Å²) in [6, 6.07) is 3.48. The quantitative estimate of drug-likeness (QED) is 0.602. The molecule has 0 unspecified atom stereocenters. The third-order valence-corrected chi connectivity index (χ3v) is 10.8. The lowest BCUT2D eigenvalue weighted by Gasteiger charge is -2.44. The van der Waals surface area contributed by atoms with E-state index in [0.29, 0.717) is 24.2 Å². The lowest BCUT2D eigenvalue weighted by atomic mass is 9.97. The molecule has 1 heterocycles. The molecule has 0 radical (unpaired) electrons. The monoisotopic (exact) mass is 392 g/mol. The van der Waals surface area contributed by atoms with Gasteiger partial charge in [-0.3, -0.25) is 4.79 Å². The maximum Gasteiger partial charge on any atom is 0.256 e. The van der Waals surface area contributed by atoms with Crippen molar-refractivity contribution in [2.24, 2.45) is 0 Å². The number of amides is 1. The Hall–Kier alpha value is -1.37. The van der Waals surface area contributed by atoms with Crippen LogP contribution in [0.4, 0.5) is 5.69 Å². The lowest BCUT2D eigenvalue weighted by molar-refractivity contribution is 0.0202. The Morgan fingerprint density at radius 3 is 2.44 bits per heavy atom. The molecule has 0 aromatic heterocycles. The van der Waals surface area contributed by atoms with Crippen LogP contribution in [0.1, 0.15) is 55.1 Å². The molecular weight excluding hydrogens is 356 g/mol. The number of hydrogen-bond donors (Lipinski definition) is 2. The van der Waals surface area contributed by atoms with Crippen LogP contribution in [0.25, 0.3) is 0 Å². The first-order valence-electron chi connectivity index (χ1n) is 9.83. The van der Waals surface area contributed by atoms with E-state index in [1.54, 1.807) is 4.90 Å². The summed E-state index contributed by atoms with van der Waals surface area (Å²) < 4.78 is 6.53. The normalized spacial score (nSPS) is 21.4. The van der Waals surface area contributed by atoms with Gasteiger partial charge in [0.15, 0.2) is 8.32 Å². The third-order valence-electron chi connectivity index (χ3n) is 6.30. The van der Waals surface area contributed by atoms with E-state index in [1.165, 1.54) is 0 Å². The fourth-order valence-corrected chi connectivity index (χ4v) is 4.73. The predicted molar refractivity (Wildman–Crippen MR) is 114 cm³/mol. The Kier molecular flexibility index (Phi) is 6.44. The van der Waals surface area contributed by atoms with E-state index in [4.69, 9.17) is 10.2 Å². The van der Waals surface area contributed by atoms with Crippen LogP contribution in [0.15, 0.2) is 12.1 Å². The first-order valence-corrected chi connectivity index (χ1v) is 12.7. The molecule has 0 saturated carbocycles. The van der Waals surface area contributed by atoms with Gasteiger partial charge in [-0.15, -0.1) is 0 Å². The maximum absolute atomic E-state index is 13.1. The van der Waals surface area contributed by atoms with Gasteiger partial charge in [-0.25, -0.2) is 0 Å². The Morgan fingerprint density at radius 1 is 1.30 bits per heavy atom. The first-order chi connectivity index (χ1) is 12.4. The van der Waals surface area contributed by atoms with E-state index < -0.39 is 8.32 Å². The number of rotatable bonds is 4. The smallest absolute Gasteiger partial charge is 0.256 e. The van der Waals surface area contributed by atoms with E-state index in [-0.39, 0.29) is 29.7 Å². The van der Waals surface area contributed by atoms with Crippen LogP contribution in [-0.4, -0.2) is 49.5 Å². The average molecular weight is 393 g/mol. The summed E-state index contributed by atoms with van der Waals surface area (Å²) in [5.41, 5.74) is 9.26. The molecule has 1 saturated heterocycles. The summed E-state index contributed by atoms with van der Waals surface area (Å²) in [4.78, 5) is 14.9. The molecule has 1 amide bonds. The van der Waals surface area contributed by atoms with Crippen LogP contribution in [-0.2, 0) is 4.43 Å². The second kappa shape index (κ2) is 7.93. The van der Waals surface area contributed by atoms with Crippen molar-refractivity contribution in [3.63, 3.8) is 0 Å². The van der Waals surface area contributed by atoms with Crippen LogP contribution >= 0.6 is 0 Å². The topological polar surface area (TPSA) is 75.8 Å². The second-order valence-electron chi connectivity index (χ2n) is 9.38. The van der Waals surface area contributed by atoms with Crippen LogP contribution in [0.2, 0.25) is 18.1 Å². The van der Waals surface area contributed by atoms with Crippen LogP contribution in [0.5, 0.6) is 0 Å². The van der Waals surface area contributed by atoms with Gasteiger partial charge >= 0.3 is 0 Å². The molecule has 5 nitrogen and oxygen atoms in total. The van der Waals surface area contributed by atoms with Gasteiger partial charge in [0.2, 0.25) is 0 Å². The van der Waals surface area contributed by atoms with Crippen LogP contribution in [0, 0.1) is 13.8 Å². The Bertz CT molecular complexity index is 697. The molecule has 6 heteroatoms. The molecule has 1 aromatic carbocycles. The summed E-state index contributed by atoms with van der Waals surface area (Å²) in [6.45, 7) is 15.7. The van der Waals surface area contributed by atoms with E-state index in [9.17, 15) is 9.90 Å². The molecular formula is C21H36N2O3Si. The highest BCUT2D eigenvalue weighted by Crippen LogP contribution is 2.39. The first kappa shape index (κ1) is 21.9. The Morgan fingerprint density at radius 2 is 1.89 bits per heavy atom. The zero-order valence-corrected chi connectivity index (χ0v) is 18.9. The SMILES string of the molecule is Cc1cc(N)c(C(=O)N2CC[C@@H](O[Si](C)(C)C(C)(C)C)C[C@H]2CO)cc1C. The van der Waals surface area contributed by atoms with Crippen LogP contribution < -0.4 is 5.73 Å². The Labute approximate surface area is 165 Å². The number of nitrogen functional groups attached to an aromatic ring is 1. The number of aryl methyl sites for hydroxylation is 2. The van der Waals surface area contributed by atoms with E-state index >= 15 is 0 Å². The molecule has 1 aliphatic rings. The highest BCUT2D eigenvalue weighted by Gasteiger charge is 2.41. The minimum absolute atomic E-state index is 0.0617. The molecule has 2 rings (SSSR count). The van der Waals surface area contributed by atoms with Gasteiger partial charge in [0.1, 0.15) is 0 Å². The number of likely N-dealkylation sites (tertiary alicyclic amines) is 1. The van der Waals surface area contributed by atoms with Crippen molar-refractivity contribution in [2.75, 3.05) is 18.9 Å². The molecule has 2 atom stereocenters. The van der Waals surface area contributed by atoms with Crippen molar-refractivity contribution in [3.8, 4) is 0 Å². The zero-order chi connectivity index (χ0) is 20.6. The van der Waals surface area contributed by atoms with E-state index in [2.05, 4.69) is 33.9 Å². The largest absolute Gasteiger partial charge is 0.414 e. The molecule has 0 aliphatic carbocycles. The summed E-state index contributed by atoms with van der Waals surface area (Å²) in [5, 5.41) is 10.1. The van der Waals surface area contributed by atoms with Gasteiger partial charge in [-0.05, 0) is 68.1 Å². The van der Waals surface area contributed by atoms with Gasteiger partial charge in [-0.2, -0.15) is 0 Å². The predicted octanol–water partition coefficient (Wildman–Crippen LogP) is 3.87. The molecule has 27 heavy (non-hydrogen) atoms. The minimum atomic E-state index is -1.88. The summed E-state index contributed by atoms with van der Waals surface area (Å²) in [6.07, 6.45) is 1.54. The van der Waals surface area contributed by atoms with E-state index in [0.717, 1.165) is 17.5 Å².